The molecule has 29 heteroatoms. The van der Waals surface area contributed by atoms with Gasteiger partial charge in [-0.25, -0.2) is 19.2 Å². The maximum absolute atomic E-state index is 13.5. The van der Waals surface area contributed by atoms with Crippen molar-refractivity contribution in [3.8, 4) is 67.5 Å². The fourth-order valence-corrected chi connectivity index (χ4v) is 18.8. The van der Waals surface area contributed by atoms with E-state index in [1.807, 2.05) is 110 Å². The topological polar surface area (TPSA) is 458 Å². The smallest absolute Gasteiger partial charge is 0.346 e. The molecule has 0 saturated heterocycles. The van der Waals surface area contributed by atoms with E-state index in [1.165, 1.54) is 0 Å². The number of aliphatic hydroxyl groups excluding tert-OH is 4. The van der Waals surface area contributed by atoms with Crippen molar-refractivity contribution in [1.29, 1.82) is 0 Å². The number of aromatic carboxylic acids is 4. The molecule has 0 atom stereocenters. The molecule has 9 aromatic heterocycles. The summed E-state index contributed by atoms with van der Waals surface area (Å²) in [6.07, 6.45) is 22.2. The van der Waals surface area contributed by atoms with Crippen molar-refractivity contribution in [2.45, 2.75) is 26.2 Å². The molecule has 17 N–H and O–H groups in total. The van der Waals surface area contributed by atoms with Crippen LogP contribution in [-0.2, 0) is 6.42 Å². The minimum Gasteiger partial charge on any atom is -0.506 e. The molecule has 17 aromatic rings. The number of para-hydroxylation sites is 5. The lowest BCUT2D eigenvalue weighted by Crippen LogP contribution is -1.98. The van der Waals surface area contributed by atoms with E-state index in [4.69, 9.17) is 15.3 Å². The number of aromatic amines is 5. The van der Waals surface area contributed by atoms with Crippen molar-refractivity contribution in [3.63, 3.8) is 0 Å². The first-order valence-corrected chi connectivity index (χ1v) is 42.5. The van der Waals surface area contributed by atoms with E-state index in [0.717, 1.165) is 101 Å². The van der Waals surface area contributed by atoms with Gasteiger partial charge < -0.3 is 86.2 Å². The third kappa shape index (κ3) is 18.0. The first kappa shape index (κ1) is 88.1. The van der Waals surface area contributed by atoms with E-state index < -0.39 is 47.0 Å². The zero-order valence-corrected chi connectivity index (χ0v) is 70.3. The summed E-state index contributed by atoms with van der Waals surface area (Å²) in [5, 5.41) is 122. The Morgan fingerprint density at radius 2 is 0.646 bits per heavy atom. The Balaban J connectivity index is 0.000000137. The molecule has 0 aliphatic rings. The Kier molecular flexibility index (Phi) is 27.2. The van der Waals surface area contributed by atoms with Gasteiger partial charge in [-0.15, -0.1) is 45.3 Å². The van der Waals surface area contributed by atoms with Gasteiger partial charge in [-0.3, -0.25) is 19.2 Å². The summed E-state index contributed by atoms with van der Waals surface area (Å²) in [5.41, 5.74) is 12.2. The highest BCUT2D eigenvalue weighted by Gasteiger charge is 2.35. The lowest BCUT2D eigenvalue weighted by atomic mass is 10.0. The van der Waals surface area contributed by atoms with Crippen LogP contribution in [0.5, 0.6) is 23.0 Å². The van der Waals surface area contributed by atoms with Crippen LogP contribution < -0.4 is 0 Å². The molecular formula is C98H77N5O20S4. The number of carboxylic acids is 4. The van der Waals surface area contributed by atoms with Gasteiger partial charge in [-0.2, -0.15) is 0 Å². The number of hydrogen-bond acceptors (Lipinski definition) is 20. The molecule has 0 spiro atoms. The number of rotatable bonds is 27. The first-order chi connectivity index (χ1) is 61.5. The van der Waals surface area contributed by atoms with Crippen LogP contribution in [0.3, 0.4) is 0 Å². The van der Waals surface area contributed by atoms with E-state index in [9.17, 15) is 84.3 Å². The number of thiophene rings is 4. The molecule has 127 heavy (non-hydrogen) atoms. The number of nitrogens with one attached hydrogen (secondary N) is 5. The van der Waals surface area contributed by atoms with E-state index >= 15 is 0 Å². The second kappa shape index (κ2) is 39.1. The lowest BCUT2D eigenvalue weighted by Gasteiger charge is -2.03. The van der Waals surface area contributed by atoms with Gasteiger partial charge in [0.05, 0.1) is 35.3 Å². The first-order valence-electron chi connectivity index (χ1n) is 39.2. The van der Waals surface area contributed by atoms with Crippen LogP contribution in [0.25, 0.3) is 117 Å². The minimum absolute atomic E-state index is 0.0106. The van der Waals surface area contributed by atoms with E-state index in [0.29, 0.717) is 90.8 Å². The van der Waals surface area contributed by atoms with Crippen LogP contribution in [0.2, 0.25) is 0 Å². The van der Waals surface area contributed by atoms with E-state index in [-0.39, 0.29) is 111 Å². The number of benzene rings is 8. The van der Waals surface area contributed by atoms with Crippen molar-refractivity contribution < 1.29 is 99.6 Å². The second-order valence-corrected chi connectivity index (χ2v) is 32.7. The predicted molar refractivity (Wildman–Crippen MR) is 494 cm³/mol. The molecule has 8 aromatic carbocycles. The summed E-state index contributed by atoms with van der Waals surface area (Å²) in [6, 6.07) is 55.3. The molecule has 0 radical (unpaired) electrons. The average molecular weight is 1770 g/mol. The highest BCUT2D eigenvalue weighted by molar-refractivity contribution is 7.18. The molecule has 0 bridgehead atoms. The van der Waals surface area contributed by atoms with Gasteiger partial charge in [0, 0.05) is 127 Å². The van der Waals surface area contributed by atoms with Crippen molar-refractivity contribution in [2.24, 2.45) is 0 Å². The fourth-order valence-electron chi connectivity index (χ4n) is 14.7. The number of carbonyl (C=O) groups excluding carboxylic acids is 4. The number of aliphatic hydroxyl groups is 4. The molecule has 638 valence electrons. The van der Waals surface area contributed by atoms with Crippen LogP contribution in [0.15, 0.2) is 249 Å². The summed E-state index contributed by atoms with van der Waals surface area (Å²) in [5.74, 6) is -7.96. The molecule has 0 saturated carbocycles. The van der Waals surface area contributed by atoms with Crippen molar-refractivity contribution in [1.82, 2.24) is 24.9 Å². The predicted octanol–water partition coefficient (Wildman–Crippen LogP) is 19.9. The Bertz CT molecular complexity index is 7220. The Morgan fingerprint density at radius 3 is 1.00 bits per heavy atom. The van der Waals surface area contributed by atoms with Crippen molar-refractivity contribution in [2.75, 3.05) is 26.4 Å². The summed E-state index contributed by atoms with van der Waals surface area (Å²) in [7, 11) is 0. The molecule has 0 amide bonds. The zero-order valence-electron chi connectivity index (χ0n) is 67.0. The molecule has 0 aliphatic heterocycles. The number of allylic oxidation sites excluding steroid dienone is 1. The molecule has 0 fully saturated rings. The number of fused-ring (bicyclic) bond motifs is 5. The Labute approximate surface area is 737 Å². The molecule has 25 nitrogen and oxygen atoms in total. The summed E-state index contributed by atoms with van der Waals surface area (Å²) >= 11 is 3.08. The van der Waals surface area contributed by atoms with Crippen LogP contribution in [-0.4, -0.2) is 160 Å². The molecular weight excluding hydrogens is 1700 g/mol. The van der Waals surface area contributed by atoms with Crippen LogP contribution in [0, 0.1) is 0 Å². The number of carbonyl (C=O) groups is 8. The Morgan fingerprint density at radius 1 is 0.331 bits per heavy atom. The number of H-pyrrole nitrogens is 5. The average Bonchev–Trinajstić information content (AvgIpc) is 1.62. The Hall–Kier alpha value is -15.2. The van der Waals surface area contributed by atoms with Gasteiger partial charge in [-0.1, -0.05) is 230 Å². The number of aromatic hydroxyl groups is 4. The normalized spacial score (nSPS) is 11.6. The highest BCUT2D eigenvalue weighted by atomic mass is 32.1. The second-order valence-electron chi connectivity index (χ2n) is 28.6. The zero-order chi connectivity index (χ0) is 89.9. The van der Waals surface area contributed by atoms with Gasteiger partial charge in [0.1, 0.15) is 62.0 Å². The van der Waals surface area contributed by atoms with Crippen molar-refractivity contribution >= 4 is 165 Å². The largest absolute Gasteiger partial charge is 0.506 e. The summed E-state index contributed by atoms with van der Waals surface area (Å²) in [6.45, 7) is 1.81. The number of carboxylic acid groups (broad SMARTS) is 4. The summed E-state index contributed by atoms with van der Waals surface area (Å²) < 4.78 is 0. The lowest BCUT2D eigenvalue weighted by molar-refractivity contribution is 0.0691. The van der Waals surface area contributed by atoms with Crippen LogP contribution in [0.4, 0.5) is 0 Å². The van der Waals surface area contributed by atoms with E-state index in [2.05, 4.69) is 24.9 Å². The number of ketones is 4. The third-order valence-electron chi connectivity index (χ3n) is 20.7. The minimum atomic E-state index is -1.21. The summed E-state index contributed by atoms with van der Waals surface area (Å²) in [4.78, 5) is 116. The quantitative estimate of drug-likeness (QED) is 0.0168. The molecule has 0 aliphatic carbocycles. The fraction of sp³-hybridized carbons (Fsp3) is 0.0816. The van der Waals surface area contributed by atoms with Crippen LogP contribution >= 0.6 is 45.3 Å². The van der Waals surface area contributed by atoms with Gasteiger partial charge >= 0.3 is 23.9 Å². The number of aromatic nitrogens is 5. The number of hydrogen-bond donors (Lipinski definition) is 17. The monoisotopic (exact) mass is 1770 g/mol. The van der Waals surface area contributed by atoms with Crippen molar-refractivity contribution in [3.05, 3.63) is 332 Å². The standard InChI is InChI=1S/C26H20N2O5S.C25H21NO5S.C24H19NO5S.C23H17NO5S/c29-11-4-3-6-14-7-5-9-16-18(13-28-21(14)16)22(30)25-23(31)20(24(34-25)26(32)33)17-12-27-19-10-2-1-8-15(17)19;1-14(13-27)10-11-16-8-5-9-17-18(12-26-20(16)17)21(28)24-22(29)19(23(32-24)25(30)31)15-6-3-2-4-7-15;26-12-5-4-9-15-10-6-11-16-17(13-25-19(15)16)20(27)23-21(28)18(22(31-23)24(29)30)14-7-2-1-3-8-14;25-11-5-9-14-8-4-10-15-16(12-24-18(14)15)19(26)22-20(27)17(21(30-22)23(28)29)13-6-2-1-3-7-13/h1-3,5-10,12-13,27-29,31H,4,11H2,(H,32,33);2-10,12,26-27,29H,11,13H2,1H3,(H,30,31);1-4,6-11,13,25-26,28H,5,12H2,(H,29,30);1-10,12,24-25,27H,11H2,(H,28,29)/b6-3+;14-10+;9-4+;9-5+. The molecule has 0 unspecified atom stereocenters. The molecule has 17 rings (SSSR count). The SMILES string of the molecule is C/C(=C\Cc1cccc2c(C(=O)c3sc(C(=O)O)c(-c4ccccc4)c3O)c[nH]c12)CO.O=C(O)c1sc(C(=O)c2c[nH]c3c(/C=C/CCO)cccc23)c(O)c1-c1c[nH]c2ccccc12.O=C(O)c1sc(C(=O)c2c[nH]c3c(/C=C/CCO)cccc23)c(O)c1-c1ccccc1.O=C(O)c1sc(C(=O)c2c[nH]c3c(/C=C/CO)cccc23)c(O)c1-c1ccccc1. The highest BCUT2D eigenvalue weighted by Crippen LogP contribution is 2.49. The maximum Gasteiger partial charge on any atom is 0.346 e. The van der Waals surface area contributed by atoms with Gasteiger partial charge in [0.15, 0.2) is 0 Å². The maximum atomic E-state index is 13.5. The van der Waals surface area contributed by atoms with Gasteiger partial charge in [0.25, 0.3) is 0 Å². The van der Waals surface area contributed by atoms with Gasteiger partial charge in [-0.05, 0) is 71.2 Å². The van der Waals surface area contributed by atoms with Gasteiger partial charge in [0.2, 0.25) is 23.1 Å². The third-order valence-corrected chi connectivity index (χ3v) is 25.4. The van der Waals surface area contributed by atoms with E-state index in [1.54, 1.807) is 158 Å². The van der Waals surface area contributed by atoms with Crippen LogP contribution in [0.1, 0.15) is 142 Å². The molecule has 9 heterocycles.